The van der Waals surface area contributed by atoms with Gasteiger partial charge in [-0.2, -0.15) is 35.1 Å². The van der Waals surface area contributed by atoms with E-state index in [9.17, 15) is 39.9 Å². The van der Waals surface area contributed by atoms with E-state index in [1.54, 1.807) is 4.90 Å². The number of carbonyl (C=O) groups is 1. The van der Waals surface area contributed by atoms with Gasteiger partial charge in [-0.15, -0.1) is 0 Å². The Morgan fingerprint density at radius 2 is 1.55 bits per heavy atom. The van der Waals surface area contributed by atoms with E-state index >= 15 is 0 Å². The maximum Gasteiger partial charge on any atom is 0.448 e. The summed E-state index contributed by atoms with van der Waals surface area (Å²) >= 11 is 0. The van der Waals surface area contributed by atoms with Crippen molar-refractivity contribution in [2.24, 2.45) is 0 Å². The van der Waals surface area contributed by atoms with Crippen LogP contribution in [0.5, 0.6) is 0 Å². The van der Waals surface area contributed by atoms with Gasteiger partial charge in [0, 0.05) is 20.0 Å². The third kappa shape index (κ3) is 11.5. The lowest BCUT2D eigenvalue weighted by atomic mass is 10.4. The van der Waals surface area contributed by atoms with E-state index in [4.69, 9.17) is 0 Å². The highest BCUT2D eigenvalue weighted by Gasteiger charge is 2.38. The molecule has 1 saturated heterocycles. The molecule has 0 radical (unpaired) electrons. The van der Waals surface area contributed by atoms with Gasteiger partial charge in [-0.25, -0.2) is 0 Å². The highest BCUT2D eigenvalue weighted by molar-refractivity contribution is 5.77. The molecular formula is C10H11F8NO. The van der Waals surface area contributed by atoms with Gasteiger partial charge in [0.25, 0.3) is 11.9 Å². The average Bonchev–Trinajstić information content (AvgIpc) is 2.61. The van der Waals surface area contributed by atoms with Gasteiger partial charge in [0.2, 0.25) is 5.91 Å². The zero-order valence-electron chi connectivity index (χ0n) is 10.2. The number of rotatable bonds is 0. The normalized spacial score (nSPS) is 13.8. The summed E-state index contributed by atoms with van der Waals surface area (Å²) < 4.78 is 85.1. The van der Waals surface area contributed by atoms with Gasteiger partial charge in [-0.05, 0) is 13.0 Å². The number of alkyl halides is 3. The number of allylic oxidation sites excluding steroid dienone is 1. The van der Waals surface area contributed by atoms with Gasteiger partial charge in [-0.1, -0.05) is 0 Å². The first-order chi connectivity index (χ1) is 8.89. The van der Waals surface area contributed by atoms with Crippen LogP contribution >= 0.6 is 0 Å². The van der Waals surface area contributed by atoms with Crippen molar-refractivity contribution in [3.05, 3.63) is 24.6 Å². The maximum absolute atomic E-state index is 11.0. The van der Waals surface area contributed by atoms with Gasteiger partial charge < -0.3 is 4.90 Å². The molecule has 1 fully saturated rings. The standard InChI is InChI=1S/C5H9NO.C3F6.C2H2F2/c1-6-4-2-3-5(6)7;4-1(2(5)6)3(7,8)9;1-2(3)4/h2-4H2,1H3;;1H2. The second-order valence-electron chi connectivity index (χ2n) is 3.33. The van der Waals surface area contributed by atoms with E-state index in [0.29, 0.717) is 5.91 Å². The molecule has 0 bridgehead atoms. The summed E-state index contributed by atoms with van der Waals surface area (Å²) in [6, 6.07) is 0. The Kier molecular flexibility index (Phi) is 9.65. The van der Waals surface area contributed by atoms with Crippen molar-refractivity contribution in [2.45, 2.75) is 19.0 Å². The second-order valence-corrected chi connectivity index (χ2v) is 3.33. The molecule has 1 amide bonds. The summed E-state index contributed by atoms with van der Waals surface area (Å²) in [5, 5.41) is 0. The van der Waals surface area contributed by atoms with Crippen molar-refractivity contribution in [3.63, 3.8) is 0 Å². The van der Waals surface area contributed by atoms with Crippen LogP contribution in [0.2, 0.25) is 0 Å². The molecule has 0 aromatic carbocycles. The van der Waals surface area contributed by atoms with E-state index in [2.05, 4.69) is 6.58 Å². The zero-order valence-corrected chi connectivity index (χ0v) is 10.2. The topological polar surface area (TPSA) is 20.3 Å². The molecule has 0 unspecified atom stereocenters. The Labute approximate surface area is 109 Å². The quantitative estimate of drug-likeness (QED) is 0.612. The average molecular weight is 313 g/mol. The van der Waals surface area contributed by atoms with Gasteiger partial charge in [0.15, 0.2) is 0 Å². The minimum absolute atomic E-state index is 0.292. The molecule has 20 heavy (non-hydrogen) atoms. The van der Waals surface area contributed by atoms with Crippen LogP contribution in [0.1, 0.15) is 12.8 Å². The van der Waals surface area contributed by atoms with Crippen molar-refractivity contribution in [2.75, 3.05) is 13.6 Å². The number of halogens is 8. The number of nitrogens with zero attached hydrogens (tertiary/aromatic N) is 1. The van der Waals surface area contributed by atoms with E-state index in [1.165, 1.54) is 0 Å². The third-order valence-electron chi connectivity index (χ3n) is 1.72. The summed E-state index contributed by atoms with van der Waals surface area (Å²) in [6.45, 7) is 3.18. The van der Waals surface area contributed by atoms with Crippen LogP contribution in [-0.4, -0.2) is 30.6 Å². The van der Waals surface area contributed by atoms with Crippen LogP contribution in [0.4, 0.5) is 35.1 Å². The summed E-state index contributed by atoms with van der Waals surface area (Å²) in [5.74, 6) is -3.04. The molecule has 2 nitrogen and oxygen atoms in total. The Bertz CT molecular complexity index is 355. The SMILES string of the molecule is C=C(F)F.CN1CCCC1=O.FC(F)=C(F)C(F)(F)F. The Morgan fingerprint density at radius 3 is 1.60 bits per heavy atom. The van der Waals surface area contributed by atoms with Crippen molar-refractivity contribution in [3.8, 4) is 0 Å². The molecule has 1 rings (SSSR count). The first-order valence-corrected chi connectivity index (χ1v) is 4.91. The van der Waals surface area contributed by atoms with Gasteiger partial charge in [-0.3, -0.25) is 4.79 Å². The number of carbonyl (C=O) groups excluding carboxylic acids is 1. The Morgan fingerprint density at radius 1 is 1.15 bits per heavy atom. The molecule has 0 saturated carbocycles. The van der Waals surface area contributed by atoms with Crippen molar-refractivity contribution < 1.29 is 39.9 Å². The van der Waals surface area contributed by atoms with E-state index in [-0.39, 0.29) is 0 Å². The van der Waals surface area contributed by atoms with Gasteiger partial charge in [0.1, 0.15) is 0 Å². The van der Waals surface area contributed by atoms with Crippen molar-refractivity contribution in [1.82, 2.24) is 4.90 Å². The van der Waals surface area contributed by atoms with Crippen LogP contribution in [-0.2, 0) is 4.79 Å². The van der Waals surface area contributed by atoms with Crippen LogP contribution < -0.4 is 0 Å². The molecule has 10 heteroatoms. The number of amides is 1. The summed E-state index contributed by atoms with van der Waals surface area (Å²) in [7, 11) is 1.84. The molecule has 1 heterocycles. The van der Waals surface area contributed by atoms with Crippen LogP contribution in [0, 0.1) is 0 Å². The molecule has 1 aliphatic rings. The minimum Gasteiger partial charge on any atom is -0.346 e. The highest BCUT2D eigenvalue weighted by atomic mass is 19.4. The molecule has 0 N–H and O–H groups in total. The van der Waals surface area contributed by atoms with E-state index in [0.717, 1.165) is 19.4 Å². The maximum atomic E-state index is 11.0. The van der Waals surface area contributed by atoms with Gasteiger partial charge in [0.05, 0.1) is 0 Å². The monoisotopic (exact) mass is 313 g/mol. The Hall–Kier alpha value is -1.61. The minimum atomic E-state index is -5.56. The smallest absolute Gasteiger partial charge is 0.346 e. The first kappa shape index (κ1) is 20.7. The third-order valence-corrected chi connectivity index (χ3v) is 1.72. The largest absolute Gasteiger partial charge is 0.448 e. The van der Waals surface area contributed by atoms with Crippen molar-refractivity contribution in [1.29, 1.82) is 0 Å². The van der Waals surface area contributed by atoms with Gasteiger partial charge >= 0.3 is 12.3 Å². The van der Waals surface area contributed by atoms with Crippen LogP contribution in [0.25, 0.3) is 0 Å². The molecule has 0 aromatic rings. The molecule has 0 spiro atoms. The Balaban J connectivity index is 0. The van der Waals surface area contributed by atoms with Crippen LogP contribution in [0.15, 0.2) is 24.6 Å². The molecule has 0 atom stereocenters. The highest BCUT2D eigenvalue weighted by Crippen LogP contribution is 2.29. The summed E-state index contributed by atoms with van der Waals surface area (Å²) in [4.78, 5) is 12.3. The number of likely N-dealkylation sites (tertiary alicyclic amines) is 1. The number of hydrogen-bond acceptors (Lipinski definition) is 1. The fourth-order valence-corrected chi connectivity index (χ4v) is 0.890. The molecule has 0 aromatic heterocycles. The predicted molar refractivity (Wildman–Crippen MR) is 54.6 cm³/mol. The molecule has 0 aliphatic carbocycles. The number of hydrogen-bond donors (Lipinski definition) is 0. The van der Waals surface area contributed by atoms with E-state index in [1.807, 2.05) is 7.05 Å². The molecule has 1 aliphatic heterocycles. The lowest BCUT2D eigenvalue weighted by Gasteiger charge is -2.03. The van der Waals surface area contributed by atoms with Crippen molar-refractivity contribution >= 4 is 5.91 Å². The lowest BCUT2D eigenvalue weighted by molar-refractivity contribution is -0.126. The first-order valence-electron chi connectivity index (χ1n) is 4.91. The molecular weight excluding hydrogens is 302 g/mol. The fraction of sp³-hybridized carbons (Fsp3) is 0.500. The van der Waals surface area contributed by atoms with Crippen LogP contribution in [0.3, 0.4) is 0 Å². The predicted octanol–water partition coefficient (Wildman–Crippen LogP) is 4.26. The fourth-order valence-electron chi connectivity index (χ4n) is 0.890. The zero-order chi connectivity index (χ0) is 16.5. The summed E-state index contributed by atoms with van der Waals surface area (Å²) in [5.41, 5.74) is 0. The molecule has 118 valence electrons. The second kappa shape index (κ2) is 9.32. The van der Waals surface area contributed by atoms with E-state index < -0.39 is 24.2 Å². The lowest BCUT2D eigenvalue weighted by Crippen LogP contribution is -2.17. The summed E-state index contributed by atoms with van der Waals surface area (Å²) in [6.07, 6.45) is -8.92.